The molecule has 3 heteroatoms. The molecule has 1 unspecified atom stereocenters. The van der Waals surface area contributed by atoms with Crippen LogP contribution in [-0.4, -0.2) is 17.7 Å². The van der Waals surface area contributed by atoms with E-state index >= 15 is 0 Å². The van der Waals surface area contributed by atoms with Crippen molar-refractivity contribution in [2.24, 2.45) is 23.2 Å². The van der Waals surface area contributed by atoms with E-state index in [0.717, 1.165) is 29.4 Å². The molecule has 4 fully saturated rings. The summed E-state index contributed by atoms with van der Waals surface area (Å²) in [4.78, 5) is 0. The zero-order chi connectivity index (χ0) is 13.5. The largest absolute Gasteiger partial charge is 0.363 e. The van der Waals surface area contributed by atoms with Crippen LogP contribution in [0.3, 0.4) is 0 Å². The van der Waals surface area contributed by atoms with Crippen LogP contribution < -0.4 is 10.6 Å². The molecule has 0 radical (unpaired) electrons. The molecule has 19 heavy (non-hydrogen) atoms. The Hall–Kier alpha value is -0.310. The van der Waals surface area contributed by atoms with E-state index < -0.39 is 0 Å². The fraction of sp³-hybridized carbons (Fsp3) is 0.938. The van der Waals surface area contributed by atoms with Gasteiger partial charge in [-0.3, -0.25) is 0 Å². The van der Waals surface area contributed by atoms with Crippen LogP contribution in [0, 0.1) is 23.2 Å². The summed E-state index contributed by atoms with van der Waals surface area (Å²) in [7, 11) is 0. The predicted octanol–water partition coefficient (Wildman–Crippen LogP) is 3.47. The fourth-order valence-electron chi connectivity index (χ4n) is 5.66. The van der Waals surface area contributed by atoms with Gasteiger partial charge in [-0.05, 0) is 87.3 Å². The maximum atomic E-state index is 5.43. The smallest absolute Gasteiger partial charge is 0.166 e. The van der Waals surface area contributed by atoms with Crippen LogP contribution in [0.1, 0.15) is 58.8 Å². The SMILES string of the molecule is CCNC(=S)NC(CC)C12CC3CC(CC(C3)C1)C2. The van der Waals surface area contributed by atoms with Gasteiger partial charge in [0.05, 0.1) is 0 Å². The van der Waals surface area contributed by atoms with Gasteiger partial charge in [0.1, 0.15) is 0 Å². The first-order valence-electron chi connectivity index (χ1n) is 8.19. The second kappa shape index (κ2) is 5.23. The second-order valence-electron chi connectivity index (χ2n) is 7.24. The Morgan fingerprint density at radius 2 is 1.63 bits per heavy atom. The van der Waals surface area contributed by atoms with E-state index in [1.807, 2.05) is 0 Å². The average Bonchev–Trinajstić information content (AvgIpc) is 2.34. The molecule has 0 aromatic rings. The van der Waals surface area contributed by atoms with Crippen molar-refractivity contribution in [3.8, 4) is 0 Å². The van der Waals surface area contributed by atoms with E-state index in [2.05, 4.69) is 24.5 Å². The van der Waals surface area contributed by atoms with Gasteiger partial charge in [0.15, 0.2) is 5.11 Å². The summed E-state index contributed by atoms with van der Waals surface area (Å²) in [6, 6.07) is 0.590. The van der Waals surface area contributed by atoms with Gasteiger partial charge >= 0.3 is 0 Å². The molecule has 0 aromatic carbocycles. The van der Waals surface area contributed by atoms with Gasteiger partial charge in [-0.15, -0.1) is 0 Å². The number of hydrogen-bond donors (Lipinski definition) is 2. The highest BCUT2D eigenvalue weighted by Gasteiger charge is 2.53. The van der Waals surface area contributed by atoms with Crippen molar-refractivity contribution >= 4 is 17.3 Å². The quantitative estimate of drug-likeness (QED) is 0.771. The highest BCUT2D eigenvalue weighted by molar-refractivity contribution is 7.80. The molecule has 0 spiro atoms. The summed E-state index contributed by atoms with van der Waals surface area (Å²) in [5.41, 5.74) is 0.559. The van der Waals surface area contributed by atoms with Crippen LogP contribution in [-0.2, 0) is 0 Å². The van der Waals surface area contributed by atoms with Crippen LogP contribution in [0.4, 0.5) is 0 Å². The highest BCUT2D eigenvalue weighted by Crippen LogP contribution is 2.61. The Labute approximate surface area is 123 Å². The minimum atomic E-state index is 0.559. The summed E-state index contributed by atoms with van der Waals surface area (Å²) in [5, 5.41) is 7.77. The maximum absolute atomic E-state index is 5.43. The molecular weight excluding hydrogens is 252 g/mol. The molecule has 108 valence electrons. The minimum absolute atomic E-state index is 0.559. The highest BCUT2D eigenvalue weighted by atomic mass is 32.1. The lowest BCUT2D eigenvalue weighted by atomic mass is 9.47. The predicted molar refractivity (Wildman–Crippen MR) is 84.1 cm³/mol. The van der Waals surface area contributed by atoms with E-state index in [4.69, 9.17) is 12.2 Å². The summed E-state index contributed by atoms with van der Waals surface area (Å²) in [6.07, 6.45) is 10.1. The summed E-state index contributed by atoms with van der Waals surface area (Å²) >= 11 is 5.43. The van der Waals surface area contributed by atoms with Gasteiger partial charge < -0.3 is 10.6 Å². The van der Waals surface area contributed by atoms with Crippen LogP contribution in [0.25, 0.3) is 0 Å². The van der Waals surface area contributed by atoms with Crippen LogP contribution in [0.15, 0.2) is 0 Å². The Balaban J connectivity index is 1.73. The Kier molecular flexibility index (Phi) is 3.76. The molecule has 0 heterocycles. The number of rotatable bonds is 4. The Morgan fingerprint density at radius 1 is 1.11 bits per heavy atom. The number of nitrogens with one attached hydrogen (secondary N) is 2. The zero-order valence-electron chi connectivity index (χ0n) is 12.4. The van der Waals surface area contributed by atoms with Crippen molar-refractivity contribution in [2.75, 3.05) is 6.54 Å². The monoisotopic (exact) mass is 280 g/mol. The Morgan fingerprint density at radius 3 is 2.05 bits per heavy atom. The number of hydrogen-bond acceptors (Lipinski definition) is 1. The van der Waals surface area contributed by atoms with Crippen molar-refractivity contribution in [3.63, 3.8) is 0 Å². The van der Waals surface area contributed by atoms with Crippen molar-refractivity contribution in [2.45, 2.75) is 64.8 Å². The lowest BCUT2D eigenvalue weighted by molar-refractivity contribution is -0.0711. The van der Waals surface area contributed by atoms with E-state index in [1.165, 1.54) is 44.9 Å². The molecule has 0 amide bonds. The van der Waals surface area contributed by atoms with Gasteiger partial charge in [-0.1, -0.05) is 6.92 Å². The van der Waals surface area contributed by atoms with Crippen LogP contribution in [0.5, 0.6) is 0 Å². The fourth-order valence-corrected chi connectivity index (χ4v) is 5.95. The van der Waals surface area contributed by atoms with E-state index in [9.17, 15) is 0 Å². The minimum Gasteiger partial charge on any atom is -0.363 e. The first-order valence-corrected chi connectivity index (χ1v) is 8.60. The first-order chi connectivity index (χ1) is 9.15. The molecule has 4 rings (SSSR count). The molecule has 2 nitrogen and oxygen atoms in total. The zero-order valence-corrected chi connectivity index (χ0v) is 13.2. The number of thiocarbonyl (C=S) groups is 1. The van der Waals surface area contributed by atoms with Crippen LogP contribution in [0.2, 0.25) is 0 Å². The van der Waals surface area contributed by atoms with Crippen LogP contribution >= 0.6 is 12.2 Å². The lowest BCUT2D eigenvalue weighted by Gasteiger charge is -2.59. The third kappa shape index (κ3) is 2.51. The van der Waals surface area contributed by atoms with Gasteiger partial charge in [0, 0.05) is 12.6 Å². The summed E-state index contributed by atoms with van der Waals surface area (Å²) in [6.45, 7) is 5.35. The van der Waals surface area contributed by atoms with E-state index in [1.54, 1.807) is 0 Å². The average molecular weight is 280 g/mol. The van der Waals surface area contributed by atoms with Gasteiger partial charge in [-0.25, -0.2) is 0 Å². The molecule has 1 atom stereocenters. The Bertz CT molecular complexity index is 317. The molecule has 4 aliphatic carbocycles. The molecule has 4 aliphatic rings. The van der Waals surface area contributed by atoms with Gasteiger partial charge in [-0.2, -0.15) is 0 Å². The third-order valence-corrected chi connectivity index (χ3v) is 6.14. The molecule has 0 aromatic heterocycles. The summed E-state index contributed by atoms with van der Waals surface area (Å²) in [5.74, 6) is 3.07. The summed E-state index contributed by atoms with van der Waals surface area (Å²) < 4.78 is 0. The van der Waals surface area contributed by atoms with Gasteiger partial charge in [0.2, 0.25) is 0 Å². The standard InChI is InChI=1S/C16H28N2S/c1-3-14(18-15(19)17-4-2)16-8-11-5-12(9-16)7-13(6-11)10-16/h11-14H,3-10H2,1-2H3,(H2,17,18,19). The molecule has 0 aliphatic heterocycles. The molecular formula is C16H28N2S. The topological polar surface area (TPSA) is 24.1 Å². The van der Waals surface area contributed by atoms with Crippen molar-refractivity contribution in [3.05, 3.63) is 0 Å². The molecule has 2 N–H and O–H groups in total. The lowest BCUT2D eigenvalue weighted by Crippen LogP contribution is -2.57. The van der Waals surface area contributed by atoms with E-state index in [0.29, 0.717) is 11.5 Å². The normalized spacial score (nSPS) is 41.1. The first kappa shape index (κ1) is 13.7. The molecule has 0 saturated heterocycles. The third-order valence-electron chi connectivity index (χ3n) is 5.88. The molecule has 4 bridgehead atoms. The van der Waals surface area contributed by atoms with Crippen molar-refractivity contribution in [1.82, 2.24) is 10.6 Å². The second-order valence-corrected chi connectivity index (χ2v) is 7.65. The maximum Gasteiger partial charge on any atom is 0.166 e. The van der Waals surface area contributed by atoms with Gasteiger partial charge in [0.25, 0.3) is 0 Å². The van der Waals surface area contributed by atoms with Crippen molar-refractivity contribution < 1.29 is 0 Å². The van der Waals surface area contributed by atoms with Crippen molar-refractivity contribution in [1.29, 1.82) is 0 Å². The molecule has 4 saturated carbocycles. The van der Waals surface area contributed by atoms with E-state index in [-0.39, 0.29) is 0 Å².